The Morgan fingerprint density at radius 3 is 2.78 bits per heavy atom. The van der Waals surface area contributed by atoms with Crippen LogP contribution in [0.15, 0.2) is 0 Å². The number of piperidine rings is 1. The standard InChI is InChI=1S/C15H28BrNO/c1-12(16)10-13-6-3-4-9-17(13)14-7-5-8-15(11-14)18-2/h12-15H,3-11H2,1-2H3. The molecule has 0 spiro atoms. The van der Waals surface area contributed by atoms with Crippen LogP contribution in [-0.2, 0) is 4.74 Å². The first-order valence-corrected chi connectivity index (χ1v) is 8.55. The lowest BCUT2D eigenvalue weighted by atomic mass is 9.87. The minimum absolute atomic E-state index is 0.507. The fraction of sp³-hybridized carbons (Fsp3) is 1.00. The van der Waals surface area contributed by atoms with Gasteiger partial charge >= 0.3 is 0 Å². The van der Waals surface area contributed by atoms with Gasteiger partial charge < -0.3 is 4.74 Å². The maximum absolute atomic E-state index is 5.59. The van der Waals surface area contributed by atoms with Gasteiger partial charge in [-0.15, -0.1) is 0 Å². The first-order valence-electron chi connectivity index (χ1n) is 7.63. The molecular formula is C15H28BrNO. The summed E-state index contributed by atoms with van der Waals surface area (Å²) in [6.07, 6.45) is 11.3. The monoisotopic (exact) mass is 317 g/mol. The van der Waals surface area contributed by atoms with Crippen molar-refractivity contribution in [3.05, 3.63) is 0 Å². The van der Waals surface area contributed by atoms with E-state index in [9.17, 15) is 0 Å². The van der Waals surface area contributed by atoms with Gasteiger partial charge in [-0.05, 0) is 51.5 Å². The molecule has 18 heavy (non-hydrogen) atoms. The van der Waals surface area contributed by atoms with Crippen LogP contribution in [0.1, 0.15) is 58.3 Å². The Kier molecular flexibility index (Phi) is 5.96. The summed E-state index contributed by atoms with van der Waals surface area (Å²) >= 11 is 3.74. The largest absolute Gasteiger partial charge is 0.381 e. The second-order valence-corrected chi connectivity index (χ2v) is 7.65. The molecule has 0 N–H and O–H groups in total. The van der Waals surface area contributed by atoms with Crippen molar-refractivity contribution in [1.82, 2.24) is 4.90 Å². The summed E-state index contributed by atoms with van der Waals surface area (Å²) in [6, 6.07) is 1.58. The zero-order valence-electron chi connectivity index (χ0n) is 11.9. The number of ether oxygens (including phenoxy) is 1. The molecule has 1 heterocycles. The molecule has 0 radical (unpaired) electrons. The van der Waals surface area contributed by atoms with E-state index in [4.69, 9.17) is 4.74 Å². The lowest BCUT2D eigenvalue weighted by molar-refractivity contribution is 0.00246. The topological polar surface area (TPSA) is 12.5 Å². The molecule has 3 heteroatoms. The van der Waals surface area contributed by atoms with Gasteiger partial charge in [0, 0.05) is 24.0 Å². The molecule has 106 valence electrons. The third-order valence-corrected chi connectivity index (χ3v) is 5.04. The van der Waals surface area contributed by atoms with Crippen LogP contribution in [0.5, 0.6) is 0 Å². The Labute approximate surface area is 121 Å². The summed E-state index contributed by atoms with van der Waals surface area (Å²) in [7, 11) is 1.88. The molecule has 2 aliphatic rings. The van der Waals surface area contributed by atoms with E-state index in [1.165, 1.54) is 57.9 Å². The maximum Gasteiger partial charge on any atom is 0.0586 e. The minimum atomic E-state index is 0.507. The number of halogens is 1. The van der Waals surface area contributed by atoms with Gasteiger partial charge in [0.2, 0.25) is 0 Å². The number of hydrogen-bond donors (Lipinski definition) is 0. The fourth-order valence-electron chi connectivity index (χ4n) is 3.77. The van der Waals surface area contributed by atoms with Gasteiger partial charge in [0.05, 0.1) is 6.10 Å². The van der Waals surface area contributed by atoms with E-state index in [1.807, 2.05) is 7.11 Å². The maximum atomic E-state index is 5.59. The molecule has 4 atom stereocenters. The molecule has 1 aliphatic carbocycles. The first kappa shape index (κ1) is 14.8. The van der Waals surface area contributed by atoms with Gasteiger partial charge in [0.1, 0.15) is 0 Å². The Balaban J connectivity index is 1.94. The molecule has 1 saturated carbocycles. The fourth-order valence-corrected chi connectivity index (χ4v) is 4.20. The molecule has 2 fully saturated rings. The summed E-state index contributed by atoms with van der Waals surface area (Å²) in [6.45, 7) is 3.59. The van der Waals surface area contributed by atoms with Crippen molar-refractivity contribution < 1.29 is 4.74 Å². The van der Waals surface area contributed by atoms with E-state index in [2.05, 4.69) is 27.8 Å². The third kappa shape index (κ3) is 3.94. The van der Waals surface area contributed by atoms with Crippen molar-refractivity contribution in [2.75, 3.05) is 13.7 Å². The molecule has 0 aromatic rings. The van der Waals surface area contributed by atoms with Crippen LogP contribution in [0, 0.1) is 0 Å². The van der Waals surface area contributed by atoms with Crippen molar-refractivity contribution in [3.63, 3.8) is 0 Å². The molecule has 0 aromatic heterocycles. The van der Waals surface area contributed by atoms with Crippen LogP contribution in [0.2, 0.25) is 0 Å². The first-order chi connectivity index (χ1) is 8.70. The van der Waals surface area contributed by atoms with Crippen molar-refractivity contribution >= 4 is 15.9 Å². The summed E-state index contributed by atoms with van der Waals surface area (Å²) in [5.74, 6) is 0. The number of rotatable bonds is 4. The van der Waals surface area contributed by atoms with Crippen LogP contribution in [0.3, 0.4) is 0 Å². The van der Waals surface area contributed by atoms with E-state index in [1.54, 1.807) is 0 Å². The molecule has 0 bridgehead atoms. The number of methoxy groups -OCH3 is 1. The number of alkyl halides is 1. The van der Waals surface area contributed by atoms with Gasteiger partial charge in [0.25, 0.3) is 0 Å². The quantitative estimate of drug-likeness (QED) is 0.727. The molecule has 2 nitrogen and oxygen atoms in total. The van der Waals surface area contributed by atoms with Gasteiger partial charge in [-0.3, -0.25) is 4.90 Å². The molecule has 2 rings (SSSR count). The number of nitrogens with zero attached hydrogens (tertiary/aromatic N) is 1. The van der Waals surface area contributed by atoms with Crippen molar-refractivity contribution in [1.29, 1.82) is 0 Å². The normalized spacial score (nSPS) is 36.5. The highest BCUT2D eigenvalue weighted by Gasteiger charge is 2.32. The van der Waals surface area contributed by atoms with Gasteiger partial charge in [-0.2, -0.15) is 0 Å². The second-order valence-electron chi connectivity index (χ2n) is 6.08. The lowest BCUT2D eigenvalue weighted by Crippen LogP contribution is -2.49. The van der Waals surface area contributed by atoms with Crippen LogP contribution >= 0.6 is 15.9 Å². The number of likely N-dealkylation sites (tertiary alicyclic amines) is 1. The molecule has 0 aromatic carbocycles. The van der Waals surface area contributed by atoms with Gasteiger partial charge in [-0.25, -0.2) is 0 Å². The van der Waals surface area contributed by atoms with E-state index in [-0.39, 0.29) is 0 Å². The van der Waals surface area contributed by atoms with Gasteiger partial charge in [-0.1, -0.05) is 29.3 Å². The molecule has 1 aliphatic heterocycles. The summed E-state index contributed by atoms with van der Waals surface area (Å²) < 4.78 is 5.59. The Morgan fingerprint density at radius 2 is 2.06 bits per heavy atom. The highest BCUT2D eigenvalue weighted by molar-refractivity contribution is 9.09. The van der Waals surface area contributed by atoms with E-state index in [0.717, 1.165) is 12.1 Å². The van der Waals surface area contributed by atoms with Crippen molar-refractivity contribution in [2.24, 2.45) is 0 Å². The van der Waals surface area contributed by atoms with E-state index >= 15 is 0 Å². The highest BCUT2D eigenvalue weighted by atomic mass is 79.9. The predicted molar refractivity (Wildman–Crippen MR) is 80.4 cm³/mol. The Hall–Kier alpha value is 0.400. The van der Waals surface area contributed by atoms with Gasteiger partial charge in [0.15, 0.2) is 0 Å². The SMILES string of the molecule is COC1CCCC(N2CCCCC2CC(C)Br)C1. The zero-order valence-corrected chi connectivity index (χ0v) is 13.5. The Bertz CT molecular complexity index is 247. The molecular weight excluding hydrogens is 290 g/mol. The number of hydrogen-bond acceptors (Lipinski definition) is 2. The van der Waals surface area contributed by atoms with Crippen LogP contribution < -0.4 is 0 Å². The summed E-state index contributed by atoms with van der Waals surface area (Å²) in [5.41, 5.74) is 0. The molecule has 0 amide bonds. The predicted octanol–water partition coefficient (Wildman–Crippen LogP) is 3.97. The Morgan fingerprint density at radius 1 is 1.22 bits per heavy atom. The van der Waals surface area contributed by atoms with E-state index < -0.39 is 0 Å². The highest BCUT2D eigenvalue weighted by Crippen LogP contribution is 2.31. The van der Waals surface area contributed by atoms with Crippen molar-refractivity contribution in [2.45, 2.75) is 81.3 Å². The average Bonchev–Trinajstić information content (AvgIpc) is 2.39. The zero-order chi connectivity index (χ0) is 13.0. The summed E-state index contributed by atoms with van der Waals surface area (Å²) in [5, 5.41) is 0. The lowest BCUT2D eigenvalue weighted by Gasteiger charge is -2.44. The van der Waals surface area contributed by atoms with Crippen molar-refractivity contribution in [3.8, 4) is 0 Å². The smallest absolute Gasteiger partial charge is 0.0586 e. The average molecular weight is 318 g/mol. The minimum Gasteiger partial charge on any atom is -0.381 e. The second kappa shape index (κ2) is 7.25. The van der Waals surface area contributed by atoms with Crippen LogP contribution in [-0.4, -0.2) is 41.6 Å². The van der Waals surface area contributed by atoms with Crippen LogP contribution in [0.4, 0.5) is 0 Å². The molecule has 1 saturated heterocycles. The third-order valence-electron chi connectivity index (χ3n) is 4.67. The van der Waals surface area contributed by atoms with Crippen LogP contribution in [0.25, 0.3) is 0 Å². The molecule has 4 unspecified atom stereocenters. The van der Waals surface area contributed by atoms with E-state index in [0.29, 0.717) is 10.9 Å². The summed E-state index contributed by atoms with van der Waals surface area (Å²) in [4.78, 5) is 3.46.